The van der Waals surface area contributed by atoms with Gasteiger partial charge >= 0.3 is 5.97 Å². The number of nitrogens with one attached hydrogen (secondary N) is 1. The first-order valence-electron chi connectivity index (χ1n) is 13.3. The third-order valence-electron chi connectivity index (χ3n) is 7.56. The Bertz CT molecular complexity index is 1050. The average Bonchev–Trinajstić information content (AvgIpc) is 2.86. The zero-order valence-electron chi connectivity index (χ0n) is 23.8. The lowest BCUT2D eigenvalue weighted by molar-refractivity contribution is -0.139. The maximum Gasteiger partial charge on any atom is 0.325 e. The molecule has 2 aromatic rings. The van der Waals surface area contributed by atoms with Gasteiger partial charge in [-0.2, -0.15) is 0 Å². The van der Waals surface area contributed by atoms with E-state index in [2.05, 4.69) is 35.2 Å². The molecule has 6 nitrogen and oxygen atoms in total. The summed E-state index contributed by atoms with van der Waals surface area (Å²) in [4.78, 5) is 23.7. The number of methoxy groups -OCH3 is 1. The van der Waals surface area contributed by atoms with Crippen LogP contribution in [0, 0.1) is 25.7 Å². The van der Waals surface area contributed by atoms with E-state index in [-0.39, 0.29) is 30.9 Å². The Kier molecular flexibility index (Phi) is 11.2. The van der Waals surface area contributed by atoms with E-state index in [1.54, 1.807) is 0 Å². The van der Waals surface area contributed by atoms with Gasteiger partial charge in [-0.25, -0.2) is 0 Å². The maximum absolute atomic E-state index is 12.4. The topological polar surface area (TPSA) is 84.9 Å². The number of carbonyl (C=O) groups is 2. The van der Waals surface area contributed by atoms with Crippen LogP contribution in [0.1, 0.15) is 86.0 Å². The largest absolute Gasteiger partial charge is 0.490 e. The fourth-order valence-electron chi connectivity index (χ4n) is 4.69. The lowest BCUT2D eigenvalue weighted by Gasteiger charge is -2.36. The number of hydrogen-bond donors (Lipinski definition) is 2. The van der Waals surface area contributed by atoms with Gasteiger partial charge in [0.15, 0.2) is 0 Å². The number of ether oxygens (including phenoxy) is 2. The molecule has 204 valence electrons. The normalized spacial score (nSPS) is 12.5. The molecular formula is C31H45NO5. The molecule has 2 aromatic carbocycles. The first-order valence-corrected chi connectivity index (χ1v) is 13.3. The van der Waals surface area contributed by atoms with Crippen molar-refractivity contribution in [2.24, 2.45) is 11.8 Å². The van der Waals surface area contributed by atoms with Crippen LogP contribution in [-0.4, -0.2) is 42.8 Å². The van der Waals surface area contributed by atoms with Crippen LogP contribution in [0.15, 0.2) is 36.4 Å². The summed E-state index contributed by atoms with van der Waals surface area (Å²) in [6, 6.07) is 12.2. The molecule has 6 heteroatoms. The second-order valence-electron chi connectivity index (χ2n) is 10.7. The van der Waals surface area contributed by atoms with Crippen molar-refractivity contribution in [2.45, 2.75) is 79.2 Å². The van der Waals surface area contributed by atoms with Crippen LogP contribution >= 0.6 is 0 Å². The van der Waals surface area contributed by atoms with E-state index in [1.807, 2.05) is 59.7 Å². The lowest BCUT2D eigenvalue weighted by Crippen LogP contribution is -2.46. The molecule has 0 bridgehead atoms. The van der Waals surface area contributed by atoms with Crippen LogP contribution in [0.2, 0.25) is 0 Å². The Balaban J connectivity index is 2.03. The minimum absolute atomic E-state index is 0.102. The van der Waals surface area contributed by atoms with Gasteiger partial charge in [-0.1, -0.05) is 58.9 Å². The first-order chi connectivity index (χ1) is 17.4. The predicted octanol–water partition coefficient (Wildman–Crippen LogP) is 5.75. The van der Waals surface area contributed by atoms with Crippen LogP contribution in [0.4, 0.5) is 0 Å². The molecule has 0 aromatic heterocycles. The van der Waals surface area contributed by atoms with Crippen molar-refractivity contribution in [3.8, 4) is 5.75 Å². The molecule has 1 unspecified atom stereocenters. The van der Waals surface area contributed by atoms with Gasteiger partial charge in [0, 0.05) is 5.56 Å². The summed E-state index contributed by atoms with van der Waals surface area (Å²) in [6.07, 6.45) is 2.92. The molecule has 0 aliphatic carbocycles. The first kappa shape index (κ1) is 30.4. The average molecular weight is 512 g/mol. The molecule has 0 fully saturated rings. The van der Waals surface area contributed by atoms with E-state index >= 15 is 0 Å². The molecule has 37 heavy (non-hydrogen) atoms. The van der Waals surface area contributed by atoms with Crippen molar-refractivity contribution in [1.82, 2.24) is 5.32 Å². The minimum atomic E-state index is -0.866. The molecule has 0 saturated carbocycles. The molecule has 0 aliphatic rings. The number of esters is 1. The third kappa shape index (κ3) is 8.06. The monoisotopic (exact) mass is 511 g/mol. The predicted molar refractivity (Wildman–Crippen MR) is 148 cm³/mol. The standard InChI is InChI=1S/C31H45NO5/c1-9-25(26-13-14-27(22(6)17-26)30(34)32-18-29(33)36-8)12-10-24-11-15-28(23(7)16-24)37-19-31(35,20(2)3)21(4)5/h11,13-17,20-21,25,35H,9-10,12,18-19H2,1-8H3,(H,32,34). The molecule has 2 rings (SSSR count). The Morgan fingerprint density at radius 2 is 1.68 bits per heavy atom. The highest BCUT2D eigenvalue weighted by Gasteiger charge is 2.35. The summed E-state index contributed by atoms with van der Waals surface area (Å²) in [5, 5.41) is 13.6. The summed E-state index contributed by atoms with van der Waals surface area (Å²) in [7, 11) is 1.30. The Morgan fingerprint density at radius 3 is 2.22 bits per heavy atom. The molecule has 0 radical (unpaired) electrons. The summed E-state index contributed by atoms with van der Waals surface area (Å²) >= 11 is 0. The van der Waals surface area contributed by atoms with E-state index in [0.717, 1.165) is 36.1 Å². The number of benzene rings is 2. The fraction of sp³-hybridized carbons (Fsp3) is 0.548. The van der Waals surface area contributed by atoms with Crippen molar-refractivity contribution in [1.29, 1.82) is 0 Å². The Morgan fingerprint density at radius 1 is 1.00 bits per heavy atom. The van der Waals surface area contributed by atoms with Crippen molar-refractivity contribution in [3.05, 3.63) is 64.2 Å². The highest BCUT2D eigenvalue weighted by molar-refractivity contribution is 5.97. The Hall–Kier alpha value is -2.86. The number of carbonyl (C=O) groups excluding carboxylic acids is 2. The number of aliphatic hydroxyl groups is 1. The van der Waals surface area contributed by atoms with E-state index in [1.165, 1.54) is 18.2 Å². The molecule has 2 N–H and O–H groups in total. The fourth-order valence-corrected chi connectivity index (χ4v) is 4.69. The van der Waals surface area contributed by atoms with E-state index < -0.39 is 11.6 Å². The quantitative estimate of drug-likeness (QED) is 0.334. The molecule has 0 spiro atoms. The number of rotatable bonds is 13. The molecule has 1 atom stereocenters. The van der Waals surface area contributed by atoms with E-state index in [9.17, 15) is 14.7 Å². The smallest absolute Gasteiger partial charge is 0.325 e. The lowest BCUT2D eigenvalue weighted by atomic mass is 9.81. The third-order valence-corrected chi connectivity index (χ3v) is 7.56. The van der Waals surface area contributed by atoms with Gasteiger partial charge in [0.25, 0.3) is 5.91 Å². The molecule has 0 heterocycles. The summed E-state index contributed by atoms with van der Waals surface area (Å²) in [5.74, 6) is 0.632. The van der Waals surface area contributed by atoms with Gasteiger partial charge in [0.05, 0.1) is 7.11 Å². The van der Waals surface area contributed by atoms with Gasteiger partial charge in [-0.05, 0) is 85.3 Å². The van der Waals surface area contributed by atoms with Crippen molar-refractivity contribution in [2.75, 3.05) is 20.3 Å². The van der Waals surface area contributed by atoms with Crippen molar-refractivity contribution < 1.29 is 24.2 Å². The SMILES string of the molecule is CCC(CCc1ccc(OCC(O)(C(C)C)C(C)C)c(C)c1)c1ccc(C(=O)NCC(=O)OC)c(C)c1. The highest BCUT2D eigenvalue weighted by Crippen LogP contribution is 2.30. The van der Waals surface area contributed by atoms with Gasteiger partial charge in [-0.15, -0.1) is 0 Å². The second kappa shape index (κ2) is 13.6. The van der Waals surface area contributed by atoms with Gasteiger partial charge in [0.2, 0.25) is 0 Å². The van der Waals surface area contributed by atoms with E-state index in [4.69, 9.17) is 4.74 Å². The van der Waals surface area contributed by atoms with Gasteiger partial charge < -0.3 is 19.9 Å². The van der Waals surface area contributed by atoms with Crippen LogP contribution < -0.4 is 10.1 Å². The zero-order valence-corrected chi connectivity index (χ0v) is 23.8. The zero-order chi connectivity index (χ0) is 27.8. The maximum atomic E-state index is 12.4. The summed E-state index contributed by atoms with van der Waals surface area (Å²) in [6.45, 7) is 14.4. The highest BCUT2D eigenvalue weighted by atomic mass is 16.5. The molecule has 0 saturated heterocycles. The van der Waals surface area contributed by atoms with Crippen LogP contribution in [0.3, 0.4) is 0 Å². The number of amides is 1. The molecular weight excluding hydrogens is 466 g/mol. The Labute approximate surface area is 222 Å². The second-order valence-corrected chi connectivity index (χ2v) is 10.7. The van der Waals surface area contributed by atoms with Crippen LogP contribution in [-0.2, 0) is 16.0 Å². The number of aryl methyl sites for hydroxylation is 3. The van der Waals surface area contributed by atoms with E-state index in [0.29, 0.717) is 11.5 Å². The summed E-state index contributed by atoms with van der Waals surface area (Å²) in [5.41, 5.74) is 4.12. The van der Waals surface area contributed by atoms with Gasteiger partial charge in [0.1, 0.15) is 24.5 Å². The van der Waals surface area contributed by atoms with Crippen molar-refractivity contribution >= 4 is 11.9 Å². The molecule has 0 aliphatic heterocycles. The molecule has 1 amide bonds. The van der Waals surface area contributed by atoms with Crippen LogP contribution in [0.5, 0.6) is 5.75 Å². The van der Waals surface area contributed by atoms with Gasteiger partial charge in [-0.3, -0.25) is 9.59 Å². The summed E-state index contributed by atoms with van der Waals surface area (Å²) < 4.78 is 10.6. The number of hydrogen-bond acceptors (Lipinski definition) is 5. The minimum Gasteiger partial charge on any atom is -0.490 e. The van der Waals surface area contributed by atoms with Crippen LogP contribution in [0.25, 0.3) is 0 Å². The van der Waals surface area contributed by atoms with Crippen molar-refractivity contribution in [3.63, 3.8) is 0 Å².